The number of carboxylic acid groups (broad SMARTS) is 2. The van der Waals surface area contributed by atoms with Crippen molar-refractivity contribution in [3.05, 3.63) is 29.3 Å². The second-order valence-electron chi connectivity index (χ2n) is 9.36. The molecule has 204 valence electrons. The molecule has 13 nitrogen and oxygen atoms in total. The van der Waals surface area contributed by atoms with Crippen LogP contribution in [0.1, 0.15) is 31.9 Å². The molecule has 13 heteroatoms. The number of aliphatic hydroxyl groups is 5. The zero-order chi connectivity index (χ0) is 27.6. The molecule has 1 heterocycles. The highest BCUT2D eigenvalue weighted by Gasteiger charge is 2.37. The van der Waals surface area contributed by atoms with Crippen molar-refractivity contribution in [1.29, 1.82) is 0 Å². The number of carbonyl (C=O) groups excluding carboxylic acids is 1. The Bertz CT molecular complexity index is 850. The number of nitrogens with zero attached hydrogens (tertiary/aromatic N) is 1. The molecule has 36 heavy (non-hydrogen) atoms. The molecule has 0 bridgehead atoms. The molecule has 1 aromatic rings. The van der Waals surface area contributed by atoms with Crippen LogP contribution in [0.15, 0.2) is 18.2 Å². The molecule has 0 aliphatic carbocycles. The molecule has 0 aromatic heterocycles. The number of benzene rings is 1. The molecule has 5 atom stereocenters. The molecular formula is C23H36N2O11. The number of carbonyl (C=O) groups is 3. The lowest BCUT2D eigenvalue weighted by Gasteiger charge is -2.27. The topological polar surface area (TPSA) is 217 Å². The molecule has 1 aliphatic rings. The first-order valence-electron chi connectivity index (χ1n) is 11.2. The Morgan fingerprint density at radius 1 is 1.06 bits per heavy atom. The van der Waals surface area contributed by atoms with Crippen molar-refractivity contribution < 1.29 is 54.9 Å². The van der Waals surface area contributed by atoms with E-state index in [9.17, 15) is 19.5 Å². The fourth-order valence-corrected chi connectivity index (χ4v) is 3.16. The molecule has 0 radical (unpaired) electrons. The van der Waals surface area contributed by atoms with Crippen LogP contribution < -0.4 is 10.1 Å². The Morgan fingerprint density at radius 3 is 2.08 bits per heavy atom. The fraction of sp³-hybridized carbons (Fsp3) is 0.609. The molecule has 0 saturated carbocycles. The first kappa shape index (κ1) is 31.2. The van der Waals surface area contributed by atoms with Crippen molar-refractivity contribution in [1.82, 2.24) is 10.2 Å². The second kappa shape index (κ2) is 14.1. The van der Waals surface area contributed by atoms with Gasteiger partial charge in [0, 0.05) is 30.7 Å². The molecular weight excluding hydrogens is 480 g/mol. The average molecular weight is 517 g/mol. The predicted octanol–water partition coefficient (Wildman–Crippen LogP) is -2.07. The van der Waals surface area contributed by atoms with Crippen LogP contribution in [-0.2, 0) is 27.3 Å². The summed E-state index contributed by atoms with van der Waals surface area (Å²) in [7, 11) is 0. The van der Waals surface area contributed by atoms with Crippen molar-refractivity contribution in [2.45, 2.75) is 69.8 Å². The van der Waals surface area contributed by atoms with E-state index in [1.165, 1.54) is 0 Å². The summed E-state index contributed by atoms with van der Waals surface area (Å²) in [4.78, 5) is 32.8. The van der Waals surface area contributed by atoms with E-state index >= 15 is 0 Å². The zero-order valence-electron chi connectivity index (χ0n) is 20.4. The number of aliphatic hydroxyl groups excluding tert-OH is 5. The number of nitrogens with one attached hydrogen (secondary N) is 1. The minimum Gasteiger partial charge on any atom is -0.491 e. The lowest BCUT2D eigenvalue weighted by molar-refractivity contribution is -0.172. The summed E-state index contributed by atoms with van der Waals surface area (Å²) in [5, 5.41) is 64.7. The Morgan fingerprint density at radius 2 is 1.61 bits per heavy atom. The third-order valence-electron chi connectivity index (χ3n) is 5.20. The van der Waals surface area contributed by atoms with Crippen LogP contribution in [-0.4, -0.2) is 115 Å². The van der Waals surface area contributed by atoms with Gasteiger partial charge in [0.15, 0.2) is 12.2 Å². The second-order valence-corrected chi connectivity index (χ2v) is 9.36. The first-order valence-corrected chi connectivity index (χ1v) is 11.2. The van der Waals surface area contributed by atoms with Gasteiger partial charge in [0.2, 0.25) is 6.41 Å². The van der Waals surface area contributed by atoms with E-state index in [-0.39, 0.29) is 12.1 Å². The summed E-state index contributed by atoms with van der Waals surface area (Å²) in [6.07, 6.45) is -8.15. The highest BCUT2D eigenvalue weighted by molar-refractivity contribution is 5.75. The van der Waals surface area contributed by atoms with Crippen LogP contribution in [0.25, 0.3) is 0 Å². The van der Waals surface area contributed by atoms with E-state index in [2.05, 4.69) is 26.1 Å². The minimum atomic E-state index is -2.36. The van der Waals surface area contributed by atoms with Crippen LogP contribution in [0.2, 0.25) is 0 Å². The van der Waals surface area contributed by atoms with Crippen molar-refractivity contribution in [2.24, 2.45) is 0 Å². The number of carboxylic acids is 2. The van der Waals surface area contributed by atoms with Crippen molar-refractivity contribution in [3.8, 4) is 5.75 Å². The molecule has 1 unspecified atom stereocenters. The third-order valence-corrected chi connectivity index (χ3v) is 5.20. The number of ether oxygens (including phenoxy) is 1. The molecule has 2 rings (SSSR count). The summed E-state index contributed by atoms with van der Waals surface area (Å²) in [5.74, 6) is -2.86. The Balaban J connectivity index is 0.000000402. The normalized spacial score (nSPS) is 17.4. The van der Waals surface area contributed by atoms with Gasteiger partial charge >= 0.3 is 11.9 Å². The van der Waals surface area contributed by atoms with E-state index in [1.807, 2.05) is 18.2 Å². The number of rotatable bonds is 11. The highest BCUT2D eigenvalue weighted by Crippen LogP contribution is 2.27. The summed E-state index contributed by atoms with van der Waals surface area (Å²) in [6.45, 7) is 8.29. The number of hydrogen-bond donors (Lipinski definition) is 8. The quantitative estimate of drug-likeness (QED) is 0.149. The van der Waals surface area contributed by atoms with E-state index in [0.717, 1.165) is 29.7 Å². The molecule has 8 N–H and O–H groups in total. The van der Waals surface area contributed by atoms with Crippen LogP contribution >= 0.6 is 0 Å². The van der Waals surface area contributed by atoms with Gasteiger partial charge in [-0.1, -0.05) is 12.1 Å². The predicted molar refractivity (Wildman–Crippen MR) is 125 cm³/mol. The van der Waals surface area contributed by atoms with Gasteiger partial charge in [-0.3, -0.25) is 4.79 Å². The van der Waals surface area contributed by atoms with Crippen LogP contribution in [0.5, 0.6) is 5.75 Å². The summed E-state index contributed by atoms with van der Waals surface area (Å²) in [6, 6.07) is 5.89. The molecule has 0 spiro atoms. The van der Waals surface area contributed by atoms with Gasteiger partial charge in [0.25, 0.3) is 0 Å². The van der Waals surface area contributed by atoms with Gasteiger partial charge in [-0.15, -0.1) is 0 Å². The van der Waals surface area contributed by atoms with Crippen molar-refractivity contribution >= 4 is 18.3 Å². The monoisotopic (exact) mass is 516 g/mol. The van der Waals surface area contributed by atoms with Gasteiger partial charge in [0.1, 0.15) is 30.7 Å². The largest absolute Gasteiger partial charge is 0.491 e. The number of hydrogen-bond acceptors (Lipinski definition) is 10. The van der Waals surface area contributed by atoms with Gasteiger partial charge in [0.05, 0.1) is 0 Å². The van der Waals surface area contributed by atoms with Crippen molar-refractivity contribution in [3.63, 3.8) is 0 Å². The van der Waals surface area contributed by atoms with Gasteiger partial charge < -0.3 is 50.7 Å². The van der Waals surface area contributed by atoms with Crippen molar-refractivity contribution in [2.75, 3.05) is 19.7 Å². The number of aliphatic carboxylic acids is 2. The molecule has 0 saturated heterocycles. The lowest BCUT2D eigenvalue weighted by atomic mass is 9.99. The molecule has 1 aromatic carbocycles. The maximum Gasteiger partial charge on any atom is 0.335 e. The van der Waals surface area contributed by atoms with Gasteiger partial charge in [-0.25, -0.2) is 9.59 Å². The highest BCUT2D eigenvalue weighted by atomic mass is 16.5. The van der Waals surface area contributed by atoms with E-state index in [4.69, 9.17) is 35.4 Å². The van der Waals surface area contributed by atoms with E-state index < -0.39 is 42.5 Å². The van der Waals surface area contributed by atoms with Gasteiger partial charge in [-0.2, -0.15) is 0 Å². The van der Waals surface area contributed by atoms with Crippen LogP contribution in [0.3, 0.4) is 0 Å². The smallest absolute Gasteiger partial charge is 0.335 e. The van der Waals surface area contributed by atoms with Gasteiger partial charge in [-0.05, 0) is 38.8 Å². The standard InChI is InChI=1S/C17H26N2O3.C6H10O8/c1-17(2,3)18-9-14(21)11-22-16-6-4-5-13-10-19(12-20)8-7-15(13)16;7-1(3(9)5(11)12)2(8)4(10)6(13)14/h4-6,12,14,18,21H,7-11H2,1-3H3;1-4,7-10H,(H,11,12)(H,13,14)/t;1-,2+,3+,4-. The third kappa shape index (κ3) is 10.0. The average Bonchev–Trinajstić information content (AvgIpc) is 2.83. The first-order chi connectivity index (χ1) is 16.7. The lowest BCUT2D eigenvalue weighted by Crippen LogP contribution is -2.49. The number of fused-ring (bicyclic) bond motifs is 1. The Hall–Kier alpha value is -2.81. The summed E-state index contributed by atoms with van der Waals surface area (Å²) >= 11 is 0. The Labute approximate surface area is 208 Å². The maximum absolute atomic E-state index is 10.9. The van der Waals surface area contributed by atoms with Crippen LogP contribution in [0.4, 0.5) is 0 Å². The Kier molecular flexibility index (Phi) is 12.2. The number of amides is 1. The van der Waals surface area contributed by atoms with Crippen LogP contribution in [0, 0.1) is 0 Å². The maximum atomic E-state index is 10.9. The fourth-order valence-electron chi connectivity index (χ4n) is 3.16. The number of β-amino-alcohol motifs (C(OH)–C–C–N with tert-alkyl or cyclic N) is 1. The molecule has 1 amide bonds. The SMILES string of the molecule is CC(C)(C)NCC(O)COc1cccc2c1CCN(C=O)C2.O=C(O)[C@@H](O)[C@H](O)[C@H](O)[C@@H](O)C(=O)O. The summed E-state index contributed by atoms with van der Waals surface area (Å²) in [5.41, 5.74) is 2.25. The van der Waals surface area contributed by atoms with E-state index in [1.54, 1.807) is 4.90 Å². The zero-order valence-corrected chi connectivity index (χ0v) is 20.4. The van der Waals surface area contributed by atoms with E-state index in [0.29, 0.717) is 19.6 Å². The molecule has 1 aliphatic heterocycles. The molecule has 0 fully saturated rings. The summed E-state index contributed by atoms with van der Waals surface area (Å²) < 4.78 is 5.80. The minimum absolute atomic E-state index is 0.0226.